The van der Waals surface area contributed by atoms with Crippen LogP contribution in [0.25, 0.3) is 22.0 Å². The second kappa shape index (κ2) is 8.33. The first-order valence-electron chi connectivity index (χ1n) is 9.28. The van der Waals surface area contributed by atoms with Gasteiger partial charge in [0, 0.05) is 16.5 Å². The average Bonchev–Trinajstić information content (AvgIpc) is 3.18. The molecule has 30 heavy (non-hydrogen) atoms. The fourth-order valence-electron chi connectivity index (χ4n) is 3.24. The van der Waals surface area contributed by atoms with Crippen molar-refractivity contribution in [3.63, 3.8) is 0 Å². The molecule has 0 atom stereocenters. The lowest BCUT2D eigenvalue weighted by Crippen LogP contribution is -2.18. The van der Waals surface area contributed by atoms with E-state index in [0.717, 1.165) is 27.6 Å². The van der Waals surface area contributed by atoms with E-state index in [1.807, 2.05) is 48.5 Å². The van der Waals surface area contributed by atoms with Crippen LogP contribution in [0.4, 0.5) is 0 Å². The Labute approximate surface area is 173 Å². The molecule has 0 aliphatic rings. The molecule has 0 aliphatic heterocycles. The summed E-state index contributed by atoms with van der Waals surface area (Å²) in [6.07, 6.45) is 1.53. The smallest absolute Gasteiger partial charge is 0.288 e. The highest BCUT2D eigenvalue weighted by Crippen LogP contribution is 2.34. The zero-order valence-electron chi connectivity index (χ0n) is 16.2. The molecule has 4 aromatic rings. The Morgan fingerprint density at radius 2 is 1.87 bits per heavy atom. The number of carbonyl (C=O) groups is 1. The van der Waals surface area contributed by atoms with Crippen molar-refractivity contribution < 1.29 is 9.53 Å². The Bertz CT molecular complexity index is 1270. The van der Waals surface area contributed by atoms with E-state index in [0.29, 0.717) is 17.0 Å². The van der Waals surface area contributed by atoms with E-state index in [1.54, 1.807) is 31.4 Å². The van der Waals surface area contributed by atoms with Crippen LogP contribution in [0.1, 0.15) is 21.6 Å². The third-order valence-corrected chi connectivity index (χ3v) is 4.71. The Morgan fingerprint density at radius 1 is 1.10 bits per heavy atom. The number of H-pyrrole nitrogens is 1. The van der Waals surface area contributed by atoms with Gasteiger partial charge in [-0.3, -0.25) is 4.79 Å². The molecule has 1 amide bonds. The molecule has 2 N–H and O–H groups in total. The van der Waals surface area contributed by atoms with Crippen LogP contribution < -0.4 is 10.2 Å². The molecule has 6 heteroatoms. The van der Waals surface area contributed by atoms with Crippen LogP contribution in [0, 0.1) is 11.3 Å². The first-order valence-corrected chi connectivity index (χ1v) is 9.28. The monoisotopic (exact) mass is 394 g/mol. The van der Waals surface area contributed by atoms with Crippen molar-refractivity contribution in [3.05, 3.63) is 89.6 Å². The van der Waals surface area contributed by atoms with Gasteiger partial charge in [-0.25, -0.2) is 5.43 Å². The fourth-order valence-corrected chi connectivity index (χ4v) is 3.24. The lowest BCUT2D eigenvalue weighted by atomic mass is 10.0. The first-order chi connectivity index (χ1) is 14.7. The molecule has 0 bridgehead atoms. The summed E-state index contributed by atoms with van der Waals surface area (Å²) in [5.74, 6) is 0.360. The number of rotatable bonds is 5. The van der Waals surface area contributed by atoms with Gasteiger partial charge in [-0.05, 0) is 41.5 Å². The number of benzene rings is 3. The maximum absolute atomic E-state index is 12.9. The van der Waals surface area contributed by atoms with E-state index in [2.05, 4.69) is 21.6 Å². The second-order valence-electron chi connectivity index (χ2n) is 6.59. The molecule has 4 rings (SSSR count). The summed E-state index contributed by atoms with van der Waals surface area (Å²) in [4.78, 5) is 16.1. The fraction of sp³-hybridized carbons (Fsp3) is 0.0417. The molecule has 6 nitrogen and oxygen atoms in total. The van der Waals surface area contributed by atoms with Crippen molar-refractivity contribution in [2.75, 3.05) is 7.11 Å². The van der Waals surface area contributed by atoms with Crippen LogP contribution in [0.3, 0.4) is 0 Å². The number of methoxy groups -OCH3 is 1. The molecule has 3 aromatic carbocycles. The van der Waals surface area contributed by atoms with Crippen LogP contribution in [0.2, 0.25) is 0 Å². The van der Waals surface area contributed by atoms with Crippen molar-refractivity contribution in [3.8, 4) is 22.9 Å². The zero-order valence-corrected chi connectivity index (χ0v) is 16.2. The molecule has 0 fully saturated rings. The van der Waals surface area contributed by atoms with Gasteiger partial charge in [0.25, 0.3) is 5.91 Å². The lowest BCUT2D eigenvalue weighted by Gasteiger charge is -2.05. The maximum atomic E-state index is 12.9. The minimum absolute atomic E-state index is 0.353. The first kappa shape index (κ1) is 19.0. The molecular formula is C24H18N4O2. The van der Waals surface area contributed by atoms with Crippen molar-refractivity contribution in [2.45, 2.75) is 0 Å². The molecule has 146 valence electrons. The largest absolute Gasteiger partial charge is 0.497 e. The summed E-state index contributed by atoms with van der Waals surface area (Å²) in [7, 11) is 1.61. The molecule has 0 saturated carbocycles. The number of hydrogen-bond acceptors (Lipinski definition) is 4. The third-order valence-electron chi connectivity index (χ3n) is 4.71. The number of nitrogens with one attached hydrogen (secondary N) is 2. The predicted molar refractivity (Wildman–Crippen MR) is 117 cm³/mol. The van der Waals surface area contributed by atoms with Gasteiger partial charge in [-0.1, -0.05) is 42.5 Å². The number of ether oxygens (including phenoxy) is 1. The lowest BCUT2D eigenvalue weighted by molar-refractivity contribution is 0.0951. The van der Waals surface area contributed by atoms with Gasteiger partial charge in [0.2, 0.25) is 0 Å². The topological polar surface area (TPSA) is 90.3 Å². The molecule has 0 spiro atoms. The predicted octanol–water partition coefficient (Wildman–Crippen LogP) is 4.48. The minimum atomic E-state index is -0.353. The van der Waals surface area contributed by atoms with Crippen molar-refractivity contribution in [2.24, 2.45) is 5.10 Å². The number of aromatic nitrogens is 1. The normalized spacial score (nSPS) is 10.8. The van der Waals surface area contributed by atoms with Crippen LogP contribution >= 0.6 is 0 Å². The SMILES string of the molecule is COc1ccc2[nH]c(C(=O)NN=Cc3ccc(C#N)cc3)c(-c3ccccc3)c2c1. The van der Waals surface area contributed by atoms with Gasteiger partial charge in [0.15, 0.2) is 0 Å². The molecule has 0 saturated heterocycles. The summed E-state index contributed by atoms with van der Waals surface area (Å²) in [5, 5.41) is 13.8. The number of nitrogens with zero attached hydrogens (tertiary/aromatic N) is 2. The number of nitriles is 1. The van der Waals surface area contributed by atoms with Crippen LogP contribution in [0.5, 0.6) is 5.75 Å². The number of hydrazone groups is 1. The van der Waals surface area contributed by atoms with Crippen LogP contribution in [-0.4, -0.2) is 24.2 Å². The molecular weight excluding hydrogens is 376 g/mol. The highest BCUT2D eigenvalue weighted by atomic mass is 16.5. The molecule has 1 heterocycles. The van der Waals surface area contributed by atoms with Gasteiger partial charge < -0.3 is 9.72 Å². The van der Waals surface area contributed by atoms with E-state index in [1.165, 1.54) is 6.21 Å². The van der Waals surface area contributed by atoms with Gasteiger partial charge in [0.05, 0.1) is 25.0 Å². The van der Waals surface area contributed by atoms with E-state index < -0.39 is 0 Å². The van der Waals surface area contributed by atoms with Crippen molar-refractivity contribution in [1.29, 1.82) is 5.26 Å². The number of carbonyl (C=O) groups excluding carboxylic acids is 1. The van der Waals surface area contributed by atoms with E-state index >= 15 is 0 Å². The molecule has 0 radical (unpaired) electrons. The Morgan fingerprint density at radius 3 is 2.57 bits per heavy atom. The molecule has 1 aromatic heterocycles. The Balaban J connectivity index is 1.68. The van der Waals surface area contributed by atoms with Gasteiger partial charge in [-0.2, -0.15) is 10.4 Å². The summed E-state index contributed by atoms with van der Waals surface area (Å²) < 4.78 is 5.36. The van der Waals surface area contributed by atoms with Crippen LogP contribution in [-0.2, 0) is 0 Å². The highest BCUT2D eigenvalue weighted by Gasteiger charge is 2.19. The number of fused-ring (bicyclic) bond motifs is 1. The van der Waals surface area contributed by atoms with Gasteiger partial charge in [0.1, 0.15) is 11.4 Å². The van der Waals surface area contributed by atoms with E-state index in [4.69, 9.17) is 10.00 Å². The molecule has 0 unspecified atom stereocenters. The Hall–Kier alpha value is -4.37. The summed E-state index contributed by atoms with van der Waals surface area (Å²) in [6.45, 7) is 0. The number of amides is 1. The minimum Gasteiger partial charge on any atom is -0.497 e. The second-order valence-corrected chi connectivity index (χ2v) is 6.59. The summed E-state index contributed by atoms with van der Waals surface area (Å²) in [5.41, 5.74) is 6.87. The zero-order chi connectivity index (χ0) is 20.9. The van der Waals surface area contributed by atoms with Crippen molar-refractivity contribution >= 4 is 23.0 Å². The number of hydrogen-bond donors (Lipinski definition) is 2. The average molecular weight is 394 g/mol. The number of aromatic amines is 1. The highest BCUT2D eigenvalue weighted by molar-refractivity contribution is 6.10. The summed E-state index contributed by atoms with van der Waals surface area (Å²) in [6, 6.07) is 24.3. The Kier molecular flexibility index (Phi) is 5.27. The molecule has 0 aliphatic carbocycles. The maximum Gasteiger partial charge on any atom is 0.288 e. The summed E-state index contributed by atoms with van der Waals surface area (Å²) >= 11 is 0. The van der Waals surface area contributed by atoms with E-state index in [-0.39, 0.29) is 5.91 Å². The van der Waals surface area contributed by atoms with Crippen molar-refractivity contribution in [1.82, 2.24) is 10.4 Å². The van der Waals surface area contributed by atoms with E-state index in [9.17, 15) is 4.79 Å². The van der Waals surface area contributed by atoms with Gasteiger partial charge >= 0.3 is 0 Å². The quantitative estimate of drug-likeness (QED) is 0.386. The van der Waals surface area contributed by atoms with Gasteiger partial charge in [-0.15, -0.1) is 0 Å². The third kappa shape index (κ3) is 3.77. The standard InChI is InChI=1S/C24H18N4O2/c1-30-19-11-12-21-20(13-19)22(18-5-3-2-4-6-18)23(27-21)24(29)28-26-15-17-9-7-16(14-25)8-10-17/h2-13,15,27H,1H3,(H,28,29). The van der Waals surface area contributed by atoms with Crippen LogP contribution in [0.15, 0.2) is 77.9 Å².